The summed E-state index contributed by atoms with van der Waals surface area (Å²) in [6.45, 7) is 2.24. The SMILES string of the molecule is O=C(Nc1ccc(N2CCCC2)cc1)c1ccccc1-c1ccccc1. The Morgan fingerprint density at radius 3 is 2.15 bits per heavy atom. The average molecular weight is 342 g/mol. The highest BCUT2D eigenvalue weighted by atomic mass is 16.1. The zero-order valence-corrected chi connectivity index (χ0v) is 14.7. The molecule has 1 aliphatic rings. The van der Waals surface area contributed by atoms with Gasteiger partial charge < -0.3 is 10.2 Å². The monoisotopic (exact) mass is 342 g/mol. The number of hydrogen-bond donors (Lipinski definition) is 1. The molecule has 1 saturated heterocycles. The lowest BCUT2D eigenvalue weighted by Gasteiger charge is -2.18. The van der Waals surface area contributed by atoms with E-state index in [4.69, 9.17) is 0 Å². The van der Waals surface area contributed by atoms with E-state index in [2.05, 4.69) is 22.3 Å². The first-order valence-corrected chi connectivity index (χ1v) is 9.12. The van der Waals surface area contributed by atoms with Crippen LogP contribution in [0.1, 0.15) is 23.2 Å². The number of carbonyl (C=O) groups excluding carboxylic acids is 1. The van der Waals surface area contributed by atoms with Crippen LogP contribution < -0.4 is 10.2 Å². The van der Waals surface area contributed by atoms with Crippen molar-refractivity contribution in [2.45, 2.75) is 12.8 Å². The summed E-state index contributed by atoms with van der Waals surface area (Å²) in [5.41, 5.74) is 4.72. The third-order valence-corrected chi connectivity index (χ3v) is 4.85. The van der Waals surface area contributed by atoms with Crippen LogP contribution in [0.15, 0.2) is 78.9 Å². The Morgan fingerprint density at radius 1 is 0.769 bits per heavy atom. The van der Waals surface area contributed by atoms with Crippen LogP contribution in [-0.2, 0) is 0 Å². The Bertz CT molecular complexity index is 882. The quantitative estimate of drug-likeness (QED) is 0.706. The number of carbonyl (C=O) groups is 1. The van der Waals surface area contributed by atoms with Crippen molar-refractivity contribution in [2.75, 3.05) is 23.3 Å². The van der Waals surface area contributed by atoms with Gasteiger partial charge in [-0.05, 0) is 54.3 Å². The number of hydrogen-bond acceptors (Lipinski definition) is 2. The van der Waals surface area contributed by atoms with Gasteiger partial charge in [0.1, 0.15) is 0 Å². The molecule has 1 heterocycles. The highest BCUT2D eigenvalue weighted by Gasteiger charge is 2.14. The number of nitrogens with one attached hydrogen (secondary N) is 1. The summed E-state index contributed by atoms with van der Waals surface area (Å²) in [6, 6.07) is 25.9. The summed E-state index contributed by atoms with van der Waals surface area (Å²) >= 11 is 0. The molecule has 0 spiro atoms. The smallest absolute Gasteiger partial charge is 0.256 e. The van der Waals surface area contributed by atoms with E-state index in [1.54, 1.807) is 0 Å². The molecular formula is C23H22N2O. The van der Waals surface area contributed by atoms with Gasteiger partial charge in [-0.1, -0.05) is 48.5 Å². The molecule has 0 unspecified atom stereocenters. The number of nitrogens with zero attached hydrogens (tertiary/aromatic N) is 1. The normalized spacial score (nSPS) is 13.6. The van der Waals surface area contributed by atoms with E-state index in [-0.39, 0.29) is 5.91 Å². The van der Waals surface area contributed by atoms with Crippen molar-refractivity contribution < 1.29 is 4.79 Å². The van der Waals surface area contributed by atoms with Gasteiger partial charge in [0.05, 0.1) is 0 Å². The van der Waals surface area contributed by atoms with E-state index in [9.17, 15) is 4.79 Å². The molecule has 1 amide bonds. The van der Waals surface area contributed by atoms with Crippen molar-refractivity contribution in [1.29, 1.82) is 0 Å². The molecule has 3 aromatic carbocycles. The van der Waals surface area contributed by atoms with Crippen molar-refractivity contribution in [1.82, 2.24) is 0 Å². The van der Waals surface area contributed by atoms with Crippen LogP contribution in [0.4, 0.5) is 11.4 Å². The number of anilines is 2. The Balaban J connectivity index is 1.54. The van der Waals surface area contributed by atoms with Crippen LogP contribution in [-0.4, -0.2) is 19.0 Å². The van der Waals surface area contributed by atoms with E-state index in [0.717, 1.165) is 29.9 Å². The first kappa shape index (κ1) is 16.4. The largest absolute Gasteiger partial charge is 0.372 e. The Hall–Kier alpha value is -3.07. The molecule has 0 aromatic heterocycles. The molecule has 0 bridgehead atoms. The summed E-state index contributed by atoms with van der Waals surface area (Å²) in [6.07, 6.45) is 2.52. The topological polar surface area (TPSA) is 32.3 Å². The number of amides is 1. The fourth-order valence-electron chi connectivity index (χ4n) is 3.48. The fourth-order valence-corrected chi connectivity index (χ4v) is 3.48. The van der Waals surface area contributed by atoms with E-state index < -0.39 is 0 Å². The van der Waals surface area contributed by atoms with Gasteiger partial charge in [-0.15, -0.1) is 0 Å². The Labute approximate surface area is 154 Å². The number of rotatable bonds is 4. The molecule has 26 heavy (non-hydrogen) atoms. The molecule has 1 aliphatic heterocycles. The highest BCUT2D eigenvalue weighted by molar-refractivity contribution is 6.08. The van der Waals surface area contributed by atoms with Crippen molar-refractivity contribution in [2.24, 2.45) is 0 Å². The molecule has 3 heteroatoms. The van der Waals surface area contributed by atoms with Crippen LogP contribution in [0.2, 0.25) is 0 Å². The number of benzene rings is 3. The first-order chi connectivity index (χ1) is 12.8. The maximum absolute atomic E-state index is 12.8. The van der Waals surface area contributed by atoms with Crippen molar-refractivity contribution in [3.8, 4) is 11.1 Å². The van der Waals surface area contributed by atoms with E-state index in [1.165, 1.54) is 18.5 Å². The predicted molar refractivity (Wildman–Crippen MR) is 108 cm³/mol. The fraction of sp³-hybridized carbons (Fsp3) is 0.174. The van der Waals surface area contributed by atoms with Crippen molar-refractivity contribution in [3.05, 3.63) is 84.4 Å². The second-order valence-corrected chi connectivity index (χ2v) is 6.61. The summed E-state index contributed by atoms with van der Waals surface area (Å²) in [4.78, 5) is 15.2. The molecule has 3 aromatic rings. The van der Waals surface area contributed by atoms with Gasteiger partial charge in [-0.2, -0.15) is 0 Å². The predicted octanol–water partition coefficient (Wildman–Crippen LogP) is 5.21. The average Bonchev–Trinajstić information content (AvgIpc) is 3.24. The minimum atomic E-state index is -0.0848. The summed E-state index contributed by atoms with van der Waals surface area (Å²) in [5.74, 6) is -0.0848. The van der Waals surface area contributed by atoms with Gasteiger partial charge in [0.15, 0.2) is 0 Å². The van der Waals surface area contributed by atoms with E-state index in [0.29, 0.717) is 5.56 Å². The van der Waals surface area contributed by atoms with Gasteiger partial charge >= 0.3 is 0 Å². The Morgan fingerprint density at radius 2 is 1.42 bits per heavy atom. The highest BCUT2D eigenvalue weighted by Crippen LogP contribution is 2.25. The maximum Gasteiger partial charge on any atom is 0.256 e. The summed E-state index contributed by atoms with van der Waals surface area (Å²) in [5, 5.41) is 3.03. The molecular weight excluding hydrogens is 320 g/mol. The lowest BCUT2D eigenvalue weighted by molar-refractivity contribution is 0.102. The standard InChI is InChI=1S/C23H22N2O/c26-23(22-11-5-4-10-21(22)18-8-2-1-3-9-18)24-19-12-14-20(15-13-19)25-16-6-7-17-25/h1-5,8-15H,6-7,16-17H2,(H,24,26). The maximum atomic E-state index is 12.8. The van der Waals surface area contributed by atoms with Crippen LogP contribution in [0, 0.1) is 0 Å². The van der Waals surface area contributed by atoms with Gasteiger partial charge in [-0.3, -0.25) is 4.79 Å². The zero-order chi connectivity index (χ0) is 17.8. The molecule has 130 valence electrons. The van der Waals surface area contributed by atoms with Crippen molar-refractivity contribution >= 4 is 17.3 Å². The van der Waals surface area contributed by atoms with E-state index >= 15 is 0 Å². The van der Waals surface area contributed by atoms with Gasteiger partial charge in [0, 0.05) is 30.0 Å². The lowest BCUT2D eigenvalue weighted by Crippen LogP contribution is -2.17. The van der Waals surface area contributed by atoms with Gasteiger partial charge in [0.2, 0.25) is 0 Å². The third-order valence-electron chi connectivity index (χ3n) is 4.85. The van der Waals surface area contributed by atoms with Gasteiger partial charge in [-0.25, -0.2) is 0 Å². The molecule has 0 atom stereocenters. The third kappa shape index (κ3) is 3.47. The summed E-state index contributed by atoms with van der Waals surface area (Å²) in [7, 11) is 0. The van der Waals surface area contributed by atoms with Crippen LogP contribution in [0.25, 0.3) is 11.1 Å². The molecule has 1 fully saturated rings. The Kier molecular flexibility index (Phi) is 4.69. The van der Waals surface area contributed by atoms with Crippen LogP contribution >= 0.6 is 0 Å². The molecule has 0 radical (unpaired) electrons. The minimum absolute atomic E-state index is 0.0848. The minimum Gasteiger partial charge on any atom is -0.372 e. The molecule has 0 saturated carbocycles. The molecule has 3 nitrogen and oxygen atoms in total. The molecule has 0 aliphatic carbocycles. The zero-order valence-electron chi connectivity index (χ0n) is 14.7. The van der Waals surface area contributed by atoms with Crippen LogP contribution in [0.5, 0.6) is 0 Å². The van der Waals surface area contributed by atoms with Crippen LogP contribution in [0.3, 0.4) is 0 Å². The second kappa shape index (κ2) is 7.44. The second-order valence-electron chi connectivity index (χ2n) is 6.61. The summed E-state index contributed by atoms with van der Waals surface area (Å²) < 4.78 is 0. The molecule has 1 N–H and O–H groups in total. The lowest BCUT2D eigenvalue weighted by atomic mass is 9.99. The van der Waals surface area contributed by atoms with E-state index in [1.807, 2.05) is 66.7 Å². The van der Waals surface area contributed by atoms with Crippen molar-refractivity contribution in [3.63, 3.8) is 0 Å². The first-order valence-electron chi connectivity index (χ1n) is 9.12. The van der Waals surface area contributed by atoms with Gasteiger partial charge in [0.25, 0.3) is 5.91 Å². The molecule has 4 rings (SSSR count).